The molecule has 6 heteroatoms. The van der Waals surface area contributed by atoms with Crippen molar-refractivity contribution < 1.29 is 9.47 Å². The molecule has 0 amide bonds. The number of ether oxygens (including phenoxy) is 2. The highest BCUT2D eigenvalue weighted by atomic mass is 16.5. The number of hydrogen-bond donors (Lipinski definition) is 2. The first-order valence-corrected chi connectivity index (χ1v) is 10.2. The number of benzene rings is 1. The van der Waals surface area contributed by atoms with Crippen molar-refractivity contribution in [1.82, 2.24) is 15.5 Å². The number of methoxy groups -OCH3 is 1. The van der Waals surface area contributed by atoms with Gasteiger partial charge in [0.2, 0.25) is 0 Å². The first kappa shape index (κ1) is 22.1. The van der Waals surface area contributed by atoms with Gasteiger partial charge < -0.3 is 20.1 Å². The average Bonchev–Trinajstić information content (AvgIpc) is 2.67. The summed E-state index contributed by atoms with van der Waals surface area (Å²) in [5.41, 5.74) is 1.23. The normalized spacial score (nSPS) is 17.1. The van der Waals surface area contributed by atoms with Gasteiger partial charge >= 0.3 is 0 Å². The van der Waals surface area contributed by atoms with E-state index in [0.29, 0.717) is 12.6 Å². The Morgan fingerprint density at radius 2 is 2.04 bits per heavy atom. The van der Waals surface area contributed by atoms with Crippen LogP contribution in [-0.2, 0) is 0 Å². The smallest absolute Gasteiger partial charge is 0.191 e. The van der Waals surface area contributed by atoms with Gasteiger partial charge in [0, 0.05) is 38.3 Å². The third kappa shape index (κ3) is 7.80. The van der Waals surface area contributed by atoms with Crippen molar-refractivity contribution in [1.29, 1.82) is 0 Å². The summed E-state index contributed by atoms with van der Waals surface area (Å²) >= 11 is 0. The largest absolute Gasteiger partial charge is 0.497 e. The minimum Gasteiger partial charge on any atom is -0.497 e. The monoisotopic (exact) mass is 388 g/mol. The minimum atomic E-state index is -0.0278. The van der Waals surface area contributed by atoms with E-state index in [9.17, 15) is 0 Å². The second kappa shape index (κ2) is 11.6. The van der Waals surface area contributed by atoms with Gasteiger partial charge in [0.05, 0.1) is 13.7 Å². The number of piperidine rings is 1. The zero-order chi connectivity index (χ0) is 20.4. The van der Waals surface area contributed by atoms with Crippen LogP contribution in [0.2, 0.25) is 0 Å². The molecule has 0 aliphatic carbocycles. The zero-order valence-corrected chi connectivity index (χ0v) is 17.8. The molecule has 2 rings (SSSR count). The van der Waals surface area contributed by atoms with E-state index in [1.54, 1.807) is 7.11 Å². The molecule has 1 aliphatic heterocycles. The molecule has 1 atom stereocenters. The highest BCUT2D eigenvalue weighted by Gasteiger charge is 2.19. The van der Waals surface area contributed by atoms with E-state index in [1.165, 1.54) is 5.57 Å². The van der Waals surface area contributed by atoms with Crippen LogP contribution in [0.4, 0.5) is 0 Å². The standard InChI is InChI=1S/C22H36N4O2/c1-6-23-22(25-19-10-12-26(13-11-19)16-17(2)3)24-15-18(4)28-21-9-7-8-20(14-21)27-5/h7-9,14,18-19H,2,6,10-13,15-16H2,1,3-5H3,(H2,23,24,25). The lowest BCUT2D eigenvalue weighted by molar-refractivity contribution is 0.219. The SMILES string of the molecule is C=C(C)CN1CCC(NC(=NCC(C)Oc2cccc(OC)c2)NCC)CC1. The molecule has 0 bridgehead atoms. The predicted octanol–water partition coefficient (Wildman–Crippen LogP) is 3.06. The Labute approximate surface area is 170 Å². The summed E-state index contributed by atoms with van der Waals surface area (Å²) in [6.45, 7) is 14.8. The molecule has 1 aromatic carbocycles. The van der Waals surface area contributed by atoms with Crippen LogP contribution in [0.5, 0.6) is 11.5 Å². The Morgan fingerprint density at radius 1 is 1.32 bits per heavy atom. The van der Waals surface area contributed by atoms with E-state index >= 15 is 0 Å². The van der Waals surface area contributed by atoms with Crippen LogP contribution < -0.4 is 20.1 Å². The summed E-state index contributed by atoms with van der Waals surface area (Å²) in [6, 6.07) is 8.11. The average molecular weight is 389 g/mol. The van der Waals surface area contributed by atoms with Gasteiger partial charge in [-0.25, -0.2) is 4.99 Å². The molecule has 1 fully saturated rings. The number of nitrogens with zero attached hydrogens (tertiary/aromatic N) is 2. The van der Waals surface area contributed by atoms with Crippen molar-refractivity contribution in [2.24, 2.45) is 4.99 Å². The summed E-state index contributed by atoms with van der Waals surface area (Å²) < 4.78 is 11.2. The van der Waals surface area contributed by atoms with E-state index in [4.69, 9.17) is 14.5 Å². The Kier molecular flexibility index (Phi) is 9.14. The predicted molar refractivity (Wildman–Crippen MR) is 116 cm³/mol. The molecule has 1 aromatic rings. The number of rotatable bonds is 9. The molecule has 1 unspecified atom stereocenters. The highest BCUT2D eigenvalue weighted by molar-refractivity contribution is 5.80. The van der Waals surface area contributed by atoms with Gasteiger partial charge in [-0.1, -0.05) is 18.2 Å². The van der Waals surface area contributed by atoms with Crippen LogP contribution in [0.15, 0.2) is 41.4 Å². The van der Waals surface area contributed by atoms with E-state index in [1.807, 2.05) is 31.2 Å². The highest BCUT2D eigenvalue weighted by Crippen LogP contribution is 2.20. The molecule has 1 heterocycles. The number of guanidine groups is 1. The first-order valence-electron chi connectivity index (χ1n) is 10.2. The summed E-state index contributed by atoms with van der Waals surface area (Å²) in [7, 11) is 1.66. The van der Waals surface area contributed by atoms with Gasteiger partial charge in [-0.05, 0) is 45.7 Å². The fourth-order valence-corrected chi connectivity index (χ4v) is 3.29. The quantitative estimate of drug-likeness (QED) is 0.387. The van der Waals surface area contributed by atoms with Crippen LogP contribution in [0, 0.1) is 0 Å². The van der Waals surface area contributed by atoms with Crippen LogP contribution >= 0.6 is 0 Å². The summed E-state index contributed by atoms with van der Waals surface area (Å²) in [4.78, 5) is 7.19. The number of aliphatic imine (C=N–C) groups is 1. The maximum absolute atomic E-state index is 5.97. The number of likely N-dealkylation sites (tertiary alicyclic amines) is 1. The third-order valence-electron chi connectivity index (χ3n) is 4.65. The summed E-state index contributed by atoms with van der Waals surface area (Å²) in [5, 5.41) is 6.93. The Bertz CT molecular complexity index is 639. The van der Waals surface area contributed by atoms with Gasteiger partial charge in [-0.2, -0.15) is 0 Å². The van der Waals surface area contributed by atoms with Crippen molar-refractivity contribution in [3.8, 4) is 11.5 Å². The van der Waals surface area contributed by atoms with Crippen molar-refractivity contribution in [3.63, 3.8) is 0 Å². The Morgan fingerprint density at radius 3 is 2.68 bits per heavy atom. The molecule has 156 valence electrons. The molecule has 0 radical (unpaired) electrons. The Hall–Kier alpha value is -2.21. The second-order valence-electron chi connectivity index (χ2n) is 7.48. The maximum atomic E-state index is 5.97. The fourth-order valence-electron chi connectivity index (χ4n) is 3.29. The van der Waals surface area contributed by atoms with Crippen molar-refractivity contribution in [2.45, 2.75) is 45.8 Å². The van der Waals surface area contributed by atoms with E-state index in [2.05, 4.69) is 36.0 Å². The van der Waals surface area contributed by atoms with Crippen molar-refractivity contribution >= 4 is 5.96 Å². The van der Waals surface area contributed by atoms with Crippen LogP contribution in [0.25, 0.3) is 0 Å². The van der Waals surface area contributed by atoms with E-state index in [0.717, 1.165) is 56.5 Å². The van der Waals surface area contributed by atoms with Crippen LogP contribution in [0.3, 0.4) is 0 Å². The lowest BCUT2D eigenvalue weighted by Gasteiger charge is -2.33. The summed E-state index contributed by atoms with van der Waals surface area (Å²) in [6.07, 6.45) is 2.21. The lowest BCUT2D eigenvalue weighted by atomic mass is 10.0. The van der Waals surface area contributed by atoms with Gasteiger partial charge in [0.15, 0.2) is 5.96 Å². The molecule has 0 spiro atoms. The molecular weight excluding hydrogens is 352 g/mol. The van der Waals surface area contributed by atoms with E-state index in [-0.39, 0.29) is 6.10 Å². The molecule has 6 nitrogen and oxygen atoms in total. The summed E-state index contributed by atoms with van der Waals surface area (Å²) in [5.74, 6) is 2.45. The molecule has 1 saturated heterocycles. The maximum Gasteiger partial charge on any atom is 0.191 e. The second-order valence-corrected chi connectivity index (χ2v) is 7.48. The fraction of sp³-hybridized carbons (Fsp3) is 0.591. The third-order valence-corrected chi connectivity index (χ3v) is 4.65. The molecule has 1 aliphatic rings. The molecular formula is C22H36N4O2. The van der Waals surface area contributed by atoms with Crippen LogP contribution in [-0.4, -0.2) is 62.8 Å². The lowest BCUT2D eigenvalue weighted by Crippen LogP contribution is -2.49. The Balaban J connectivity index is 1.83. The number of nitrogens with one attached hydrogen (secondary N) is 2. The molecule has 28 heavy (non-hydrogen) atoms. The van der Waals surface area contributed by atoms with Crippen molar-refractivity contribution in [3.05, 3.63) is 36.4 Å². The zero-order valence-electron chi connectivity index (χ0n) is 17.8. The van der Waals surface area contributed by atoms with Crippen LogP contribution in [0.1, 0.15) is 33.6 Å². The van der Waals surface area contributed by atoms with Gasteiger partial charge in [0.25, 0.3) is 0 Å². The molecule has 2 N–H and O–H groups in total. The van der Waals surface area contributed by atoms with E-state index < -0.39 is 0 Å². The molecule has 0 aromatic heterocycles. The minimum absolute atomic E-state index is 0.0278. The molecule has 0 saturated carbocycles. The van der Waals surface area contributed by atoms with Crippen molar-refractivity contribution in [2.75, 3.05) is 39.8 Å². The van der Waals surface area contributed by atoms with Gasteiger partial charge in [0.1, 0.15) is 17.6 Å². The number of hydrogen-bond acceptors (Lipinski definition) is 4. The van der Waals surface area contributed by atoms with Gasteiger partial charge in [-0.15, -0.1) is 0 Å². The first-order chi connectivity index (χ1) is 13.5. The topological polar surface area (TPSA) is 58.1 Å². The van der Waals surface area contributed by atoms with Gasteiger partial charge in [-0.3, -0.25) is 4.90 Å².